The number of aliphatic imine (C=N–C) groups is 1. The number of fused-ring (bicyclic) bond motifs is 2. The Morgan fingerprint density at radius 3 is 2.82 bits per heavy atom. The Kier molecular flexibility index (Phi) is 4.41. The molecular formula is C21H24N5OP. The number of amides is 1. The molecule has 1 amide bonds. The van der Waals surface area contributed by atoms with Gasteiger partial charge in [-0.15, -0.1) is 0 Å². The fraction of sp³-hybridized carbons (Fsp3) is 0.381. The number of hydrogen-bond donors (Lipinski definition) is 0. The molecule has 6 nitrogen and oxygen atoms in total. The smallest absolute Gasteiger partial charge is 0.252 e. The summed E-state index contributed by atoms with van der Waals surface area (Å²) in [6, 6.07) is 6.22. The summed E-state index contributed by atoms with van der Waals surface area (Å²) in [4.78, 5) is 21.9. The second-order valence-electron chi connectivity index (χ2n) is 7.88. The van der Waals surface area contributed by atoms with Crippen molar-refractivity contribution >= 4 is 36.9 Å². The monoisotopic (exact) mass is 393 g/mol. The fourth-order valence-electron chi connectivity index (χ4n) is 4.19. The molecule has 0 spiro atoms. The largest absolute Gasteiger partial charge is 0.306 e. The van der Waals surface area contributed by atoms with Crippen LogP contribution < -0.4 is 0 Å². The number of rotatable bonds is 2. The molecular weight excluding hydrogens is 369 g/mol. The third-order valence-corrected chi connectivity index (χ3v) is 7.30. The third-order valence-electron chi connectivity index (χ3n) is 5.83. The van der Waals surface area contributed by atoms with Crippen molar-refractivity contribution in [2.45, 2.75) is 18.6 Å². The summed E-state index contributed by atoms with van der Waals surface area (Å²) in [6.07, 6.45) is 10.0. The maximum Gasteiger partial charge on any atom is 0.252 e. The molecule has 3 aliphatic rings. The molecule has 0 bridgehead atoms. The highest BCUT2D eigenvalue weighted by Gasteiger charge is 2.31. The van der Waals surface area contributed by atoms with E-state index in [4.69, 9.17) is 4.99 Å². The molecule has 0 radical (unpaired) electrons. The maximum atomic E-state index is 12.9. The summed E-state index contributed by atoms with van der Waals surface area (Å²) in [5.41, 5.74) is 3.14. The Labute approximate surface area is 166 Å². The lowest BCUT2D eigenvalue weighted by Gasteiger charge is -2.36. The zero-order valence-corrected chi connectivity index (χ0v) is 17.2. The molecule has 1 fully saturated rings. The third kappa shape index (κ3) is 3.21. The summed E-state index contributed by atoms with van der Waals surface area (Å²) < 4.78 is 1.82. The van der Waals surface area contributed by atoms with E-state index in [0.29, 0.717) is 14.5 Å². The van der Waals surface area contributed by atoms with E-state index in [9.17, 15) is 4.79 Å². The molecule has 4 heterocycles. The summed E-state index contributed by atoms with van der Waals surface area (Å²) in [7, 11) is 4.58. The number of piperidine rings is 1. The Morgan fingerprint density at radius 2 is 2.00 bits per heavy atom. The topological polar surface area (TPSA) is 53.7 Å². The van der Waals surface area contributed by atoms with E-state index in [1.807, 2.05) is 41.3 Å². The van der Waals surface area contributed by atoms with Gasteiger partial charge in [0.15, 0.2) is 0 Å². The molecule has 3 aliphatic heterocycles. The van der Waals surface area contributed by atoms with Gasteiger partial charge in [0, 0.05) is 43.0 Å². The molecule has 1 saturated heterocycles. The minimum absolute atomic E-state index is 0.0344. The van der Waals surface area contributed by atoms with E-state index in [0.717, 1.165) is 53.4 Å². The molecule has 0 aliphatic carbocycles. The standard InChI is InChI=1S/C21H24N5OP/c1-24-7-5-14(6-8-24)18-13-26-20(27)10-19(28-21(26)11-22-18)15-3-4-17-16(9-15)12-25(2)23-17/h3-4,9-14,21,28H,5-8H2,1-2H3. The first-order chi connectivity index (χ1) is 13.6. The van der Waals surface area contributed by atoms with Crippen molar-refractivity contribution in [1.82, 2.24) is 19.6 Å². The zero-order valence-electron chi connectivity index (χ0n) is 16.2. The molecule has 1 aromatic carbocycles. The van der Waals surface area contributed by atoms with Gasteiger partial charge >= 0.3 is 0 Å². The van der Waals surface area contributed by atoms with Crippen LogP contribution in [0.1, 0.15) is 18.4 Å². The van der Waals surface area contributed by atoms with Gasteiger partial charge in [-0.2, -0.15) is 5.10 Å². The van der Waals surface area contributed by atoms with Gasteiger partial charge < -0.3 is 9.80 Å². The molecule has 144 valence electrons. The maximum absolute atomic E-state index is 12.9. The van der Waals surface area contributed by atoms with Crippen LogP contribution >= 0.6 is 8.58 Å². The van der Waals surface area contributed by atoms with Crippen molar-refractivity contribution in [3.63, 3.8) is 0 Å². The lowest BCUT2D eigenvalue weighted by Crippen LogP contribution is -2.39. The second kappa shape index (κ2) is 6.94. The quantitative estimate of drug-likeness (QED) is 0.737. The van der Waals surface area contributed by atoms with E-state index < -0.39 is 0 Å². The summed E-state index contributed by atoms with van der Waals surface area (Å²) in [6.45, 7) is 2.19. The van der Waals surface area contributed by atoms with Crippen LogP contribution in [0, 0.1) is 5.92 Å². The second-order valence-corrected chi connectivity index (χ2v) is 9.30. The number of aryl methyl sites for hydroxylation is 1. The van der Waals surface area contributed by atoms with E-state index in [1.54, 1.807) is 6.08 Å². The van der Waals surface area contributed by atoms with E-state index in [1.165, 1.54) is 0 Å². The van der Waals surface area contributed by atoms with E-state index >= 15 is 0 Å². The summed E-state index contributed by atoms with van der Waals surface area (Å²) >= 11 is 0. The number of benzene rings is 1. The number of nitrogens with zero attached hydrogens (tertiary/aromatic N) is 5. The van der Waals surface area contributed by atoms with Crippen LogP contribution in [0.4, 0.5) is 0 Å². The van der Waals surface area contributed by atoms with E-state index in [2.05, 4.69) is 29.2 Å². The highest BCUT2D eigenvalue weighted by Crippen LogP contribution is 2.44. The number of allylic oxidation sites excluding steroid dienone is 1. The lowest BCUT2D eigenvalue weighted by atomic mass is 9.94. The van der Waals surface area contributed by atoms with Crippen LogP contribution in [0.15, 0.2) is 47.4 Å². The molecule has 28 heavy (non-hydrogen) atoms. The van der Waals surface area contributed by atoms with Gasteiger partial charge in [-0.1, -0.05) is 14.6 Å². The molecule has 0 N–H and O–H groups in total. The van der Waals surface area contributed by atoms with Crippen molar-refractivity contribution in [2.75, 3.05) is 20.1 Å². The Morgan fingerprint density at radius 1 is 1.18 bits per heavy atom. The number of carbonyl (C=O) groups excluding carboxylic acids is 1. The van der Waals surface area contributed by atoms with Crippen LogP contribution in [0.5, 0.6) is 0 Å². The first kappa shape index (κ1) is 17.8. The summed E-state index contributed by atoms with van der Waals surface area (Å²) in [5, 5.41) is 6.63. The van der Waals surface area contributed by atoms with Gasteiger partial charge in [0.25, 0.3) is 5.91 Å². The molecule has 5 rings (SSSR count). The summed E-state index contributed by atoms with van der Waals surface area (Å²) in [5.74, 6) is 0.552. The number of carbonyl (C=O) groups is 1. The van der Waals surface area contributed by atoms with Gasteiger partial charge in [-0.05, 0) is 56.0 Å². The van der Waals surface area contributed by atoms with Gasteiger partial charge in [-0.3, -0.25) is 14.5 Å². The van der Waals surface area contributed by atoms with Crippen molar-refractivity contribution in [3.8, 4) is 0 Å². The molecule has 7 heteroatoms. The van der Waals surface area contributed by atoms with Crippen LogP contribution in [0.25, 0.3) is 16.2 Å². The normalized spacial score (nSPS) is 24.6. The van der Waals surface area contributed by atoms with Gasteiger partial charge in [0.05, 0.1) is 17.0 Å². The van der Waals surface area contributed by atoms with Crippen molar-refractivity contribution in [2.24, 2.45) is 18.0 Å². The van der Waals surface area contributed by atoms with Crippen LogP contribution in [0.3, 0.4) is 0 Å². The Bertz CT molecular complexity index is 1030. The average molecular weight is 393 g/mol. The Hall–Kier alpha value is -2.30. The predicted octanol–water partition coefficient (Wildman–Crippen LogP) is 3.03. The van der Waals surface area contributed by atoms with Gasteiger partial charge in [0.1, 0.15) is 0 Å². The van der Waals surface area contributed by atoms with Crippen LogP contribution in [-0.2, 0) is 11.8 Å². The number of hydrogen-bond acceptors (Lipinski definition) is 4. The van der Waals surface area contributed by atoms with Gasteiger partial charge in [-0.25, -0.2) is 0 Å². The molecule has 2 aromatic rings. The SMILES string of the molecule is CN1CCC(C2=CN3C(=O)C=C(c4ccc5nn(C)cc5c4)PC3C=N2)CC1. The number of aromatic nitrogens is 2. The lowest BCUT2D eigenvalue weighted by molar-refractivity contribution is -0.123. The average Bonchev–Trinajstić information content (AvgIpc) is 3.07. The first-order valence-corrected chi connectivity index (χ1v) is 10.8. The molecule has 2 atom stereocenters. The first-order valence-electron chi connectivity index (χ1n) is 9.75. The minimum atomic E-state index is 0.0344. The van der Waals surface area contributed by atoms with Gasteiger partial charge in [0.2, 0.25) is 0 Å². The van der Waals surface area contributed by atoms with Crippen molar-refractivity contribution in [1.29, 1.82) is 0 Å². The predicted molar refractivity (Wildman–Crippen MR) is 114 cm³/mol. The highest BCUT2D eigenvalue weighted by atomic mass is 31.1. The Balaban J connectivity index is 1.40. The highest BCUT2D eigenvalue weighted by molar-refractivity contribution is 7.52. The van der Waals surface area contributed by atoms with Crippen LogP contribution in [0.2, 0.25) is 0 Å². The van der Waals surface area contributed by atoms with Crippen LogP contribution in [-0.4, -0.2) is 57.6 Å². The molecule has 2 unspecified atom stereocenters. The van der Waals surface area contributed by atoms with Crippen molar-refractivity contribution in [3.05, 3.63) is 47.9 Å². The fourth-order valence-corrected chi connectivity index (χ4v) is 5.53. The zero-order chi connectivity index (χ0) is 19.3. The minimum Gasteiger partial charge on any atom is -0.306 e. The van der Waals surface area contributed by atoms with E-state index in [-0.39, 0.29) is 11.7 Å². The number of likely N-dealkylation sites (tertiary alicyclic amines) is 1. The van der Waals surface area contributed by atoms with Crippen molar-refractivity contribution < 1.29 is 4.79 Å². The molecule has 0 saturated carbocycles. The molecule has 1 aromatic heterocycles.